The van der Waals surface area contributed by atoms with Crippen LogP contribution in [0.2, 0.25) is 0 Å². The molecule has 0 radical (unpaired) electrons. The van der Waals surface area contributed by atoms with E-state index < -0.39 is 12.4 Å². The Labute approximate surface area is 100 Å². The van der Waals surface area contributed by atoms with Crippen molar-refractivity contribution in [2.45, 2.75) is 26.6 Å². The van der Waals surface area contributed by atoms with Gasteiger partial charge in [0.2, 0.25) is 6.29 Å². The number of hydrogen-bond donors (Lipinski definition) is 0. The van der Waals surface area contributed by atoms with Gasteiger partial charge in [-0.15, -0.1) is 0 Å². The van der Waals surface area contributed by atoms with E-state index >= 15 is 0 Å². The van der Waals surface area contributed by atoms with E-state index in [-0.39, 0.29) is 24.4 Å². The molecule has 1 saturated carbocycles. The van der Waals surface area contributed by atoms with Gasteiger partial charge in [0.05, 0.1) is 12.5 Å². The maximum atomic E-state index is 11.5. The van der Waals surface area contributed by atoms with Crippen molar-refractivity contribution in [1.29, 1.82) is 0 Å². The summed E-state index contributed by atoms with van der Waals surface area (Å²) in [4.78, 5) is 22.5. The average Bonchev–Trinajstić information content (AvgIpc) is 2.97. The molecule has 0 N–H and O–H groups in total. The van der Waals surface area contributed by atoms with Crippen molar-refractivity contribution in [3.63, 3.8) is 0 Å². The van der Waals surface area contributed by atoms with Crippen LogP contribution in [0.15, 0.2) is 0 Å². The maximum Gasteiger partial charge on any atom is 0.511 e. The third kappa shape index (κ3) is 4.60. The lowest BCUT2D eigenvalue weighted by atomic mass is 10.3. The van der Waals surface area contributed by atoms with Crippen LogP contribution in [-0.2, 0) is 23.7 Å². The lowest BCUT2D eigenvalue weighted by molar-refractivity contribution is -0.170. The van der Waals surface area contributed by atoms with Crippen molar-refractivity contribution in [2.75, 3.05) is 20.3 Å². The Morgan fingerprint density at radius 1 is 1.35 bits per heavy atom. The molecule has 0 saturated heterocycles. The first-order chi connectivity index (χ1) is 8.08. The number of methoxy groups -OCH3 is 1. The molecule has 1 unspecified atom stereocenters. The minimum atomic E-state index is -0.926. The summed E-state index contributed by atoms with van der Waals surface area (Å²) in [5, 5.41) is 0. The molecule has 0 aliphatic heterocycles. The van der Waals surface area contributed by atoms with Gasteiger partial charge in [-0.25, -0.2) is 4.79 Å². The first-order valence-corrected chi connectivity index (χ1v) is 5.61. The summed E-state index contributed by atoms with van der Waals surface area (Å²) in [6.07, 6.45) is -0.999. The number of carbonyl (C=O) groups is 2. The monoisotopic (exact) mass is 246 g/mol. The highest BCUT2D eigenvalue weighted by molar-refractivity contribution is 5.76. The number of esters is 1. The standard InChI is InChI=1S/C11H18O6/c1-4-15-11(13)17-7(2)16-10(12)9-5-8(9)6-14-3/h7-9H,4-6H2,1-3H3/t7?,8-,9+/m0/s1. The van der Waals surface area contributed by atoms with Gasteiger partial charge in [0.1, 0.15) is 0 Å². The van der Waals surface area contributed by atoms with E-state index in [9.17, 15) is 9.59 Å². The van der Waals surface area contributed by atoms with Gasteiger partial charge in [0.25, 0.3) is 0 Å². The summed E-state index contributed by atoms with van der Waals surface area (Å²) in [5.41, 5.74) is 0. The summed E-state index contributed by atoms with van der Waals surface area (Å²) in [6, 6.07) is 0. The zero-order valence-electron chi connectivity index (χ0n) is 10.3. The molecule has 0 aromatic heterocycles. The van der Waals surface area contributed by atoms with E-state index in [2.05, 4.69) is 4.74 Å². The summed E-state index contributed by atoms with van der Waals surface area (Å²) in [6.45, 7) is 3.91. The van der Waals surface area contributed by atoms with E-state index in [0.29, 0.717) is 6.61 Å². The molecular weight excluding hydrogens is 228 g/mol. The van der Waals surface area contributed by atoms with Crippen molar-refractivity contribution in [3.8, 4) is 0 Å². The molecule has 6 nitrogen and oxygen atoms in total. The molecule has 1 rings (SSSR count). The Bertz CT molecular complexity index is 277. The van der Waals surface area contributed by atoms with E-state index in [1.807, 2.05) is 0 Å². The maximum absolute atomic E-state index is 11.5. The molecule has 0 aromatic rings. The SMILES string of the molecule is CCOC(=O)OC(C)OC(=O)[C@@H]1C[C@H]1COC. The lowest BCUT2D eigenvalue weighted by Gasteiger charge is -2.13. The Balaban J connectivity index is 2.20. The quantitative estimate of drug-likeness (QED) is 0.520. The molecule has 0 bridgehead atoms. The third-order valence-corrected chi connectivity index (χ3v) is 2.41. The lowest BCUT2D eigenvalue weighted by Crippen LogP contribution is -2.23. The van der Waals surface area contributed by atoms with Crippen LogP contribution in [0.4, 0.5) is 4.79 Å². The van der Waals surface area contributed by atoms with E-state index in [4.69, 9.17) is 14.2 Å². The molecule has 17 heavy (non-hydrogen) atoms. The van der Waals surface area contributed by atoms with Crippen LogP contribution in [0, 0.1) is 11.8 Å². The minimum Gasteiger partial charge on any atom is -0.435 e. The molecular formula is C11H18O6. The molecule has 6 heteroatoms. The predicted octanol–water partition coefficient (Wildman–Crippen LogP) is 1.33. The van der Waals surface area contributed by atoms with Crippen LogP contribution in [0.3, 0.4) is 0 Å². The van der Waals surface area contributed by atoms with Gasteiger partial charge in [-0.2, -0.15) is 0 Å². The number of ether oxygens (including phenoxy) is 4. The Kier molecular flexibility index (Phi) is 5.21. The van der Waals surface area contributed by atoms with Gasteiger partial charge in [-0.3, -0.25) is 4.79 Å². The first-order valence-electron chi connectivity index (χ1n) is 5.61. The highest BCUT2D eigenvalue weighted by atomic mass is 16.8. The number of carbonyl (C=O) groups excluding carboxylic acids is 2. The Morgan fingerprint density at radius 2 is 2.06 bits per heavy atom. The minimum absolute atomic E-state index is 0.136. The van der Waals surface area contributed by atoms with Gasteiger partial charge in [0, 0.05) is 20.6 Å². The molecule has 1 aliphatic rings. The van der Waals surface area contributed by atoms with Crippen molar-refractivity contribution >= 4 is 12.1 Å². The number of hydrogen-bond acceptors (Lipinski definition) is 6. The smallest absolute Gasteiger partial charge is 0.435 e. The second kappa shape index (κ2) is 6.44. The van der Waals surface area contributed by atoms with Crippen LogP contribution in [-0.4, -0.2) is 38.7 Å². The molecule has 1 aliphatic carbocycles. The number of rotatable bonds is 6. The van der Waals surface area contributed by atoms with Crippen LogP contribution < -0.4 is 0 Å². The molecule has 1 fully saturated rings. The summed E-state index contributed by atoms with van der Waals surface area (Å²) in [7, 11) is 1.59. The zero-order valence-corrected chi connectivity index (χ0v) is 10.3. The van der Waals surface area contributed by atoms with E-state index in [1.54, 1.807) is 14.0 Å². The molecule has 98 valence electrons. The fraction of sp³-hybridized carbons (Fsp3) is 0.818. The summed E-state index contributed by atoms with van der Waals surface area (Å²) in [5.74, 6) is -0.269. The average molecular weight is 246 g/mol. The topological polar surface area (TPSA) is 71.1 Å². The van der Waals surface area contributed by atoms with E-state index in [0.717, 1.165) is 6.42 Å². The normalized spacial score (nSPS) is 23.7. The zero-order chi connectivity index (χ0) is 12.8. The first kappa shape index (κ1) is 13.8. The molecule has 3 atom stereocenters. The highest BCUT2D eigenvalue weighted by Gasteiger charge is 2.44. The third-order valence-electron chi connectivity index (χ3n) is 2.41. The van der Waals surface area contributed by atoms with Gasteiger partial charge in [0.15, 0.2) is 0 Å². The molecule has 0 amide bonds. The van der Waals surface area contributed by atoms with E-state index in [1.165, 1.54) is 6.92 Å². The highest BCUT2D eigenvalue weighted by Crippen LogP contribution is 2.39. The van der Waals surface area contributed by atoms with Crippen molar-refractivity contribution in [2.24, 2.45) is 11.8 Å². The molecule has 0 heterocycles. The van der Waals surface area contributed by atoms with Crippen LogP contribution in [0.1, 0.15) is 20.3 Å². The fourth-order valence-electron chi connectivity index (χ4n) is 1.50. The Morgan fingerprint density at radius 3 is 2.65 bits per heavy atom. The summed E-state index contributed by atoms with van der Waals surface area (Å²) < 4.78 is 19.1. The van der Waals surface area contributed by atoms with Gasteiger partial charge in [-0.05, 0) is 19.3 Å². The fourth-order valence-corrected chi connectivity index (χ4v) is 1.50. The van der Waals surface area contributed by atoms with Crippen LogP contribution >= 0.6 is 0 Å². The summed E-state index contributed by atoms with van der Waals surface area (Å²) >= 11 is 0. The largest absolute Gasteiger partial charge is 0.511 e. The van der Waals surface area contributed by atoms with Crippen molar-refractivity contribution in [3.05, 3.63) is 0 Å². The van der Waals surface area contributed by atoms with Crippen LogP contribution in [0.5, 0.6) is 0 Å². The van der Waals surface area contributed by atoms with Crippen molar-refractivity contribution < 1.29 is 28.5 Å². The predicted molar refractivity (Wildman–Crippen MR) is 57.1 cm³/mol. The van der Waals surface area contributed by atoms with Crippen molar-refractivity contribution in [1.82, 2.24) is 0 Å². The van der Waals surface area contributed by atoms with Gasteiger partial charge >= 0.3 is 12.1 Å². The molecule has 0 spiro atoms. The van der Waals surface area contributed by atoms with Gasteiger partial charge in [-0.1, -0.05) is 0 Å². The second-order valence-electron chi connectivity index (χ2n) is 3.86. The second-order valence-corrected chi connectivity index (χ2v) is 3.86. The molecule has 0 aromatic carbocycles. The Hall–Kier alpha value is -1.30. The van der Waals surface area contributed by atoms with Crippen LogP contribution in [0.25, 0.3) is 0 Å². The van der Waals surface area contributed by atoms with Gasteiger partial charge < -0.3 is 18.9 Å².